The number of halogens is 2. The van der Waals surface area contributed by atoms with Crippen LogP contribution in [-0.2, 0) is 11.3 Å². The van der Waals surface area contributed by atoms with Crippen molar-refractivity contribution >= 4 is 11.6 Å². The average Bonchev–Trinajstić information content (AvgIpc) is 2.66. The van der Waals surface area contributed by atoms with Crippen LogP contribution in [-0.4, -0.2) is 43.0 Å². The second-order valence-corrected chi connectivity index (χ2v) is 6.50. The fourth-order valence-corrected chi connectivity index (χ4v) is 3.21. The molecule has 1 heterocycles. The Labute approximate surface area is 152 Å². The molecule has 2 aromatic carbocycles. The van der Waals surface area contributed by atoms with Crippen LogP contribution < -0.4 is 10.2 Å². The van der Waals surface area contributed by atoms with E-state index in [9.17, 15) is 13.6 Å². The fourth-order valence-electron chi connectivity index (χ4n) is 3.21. The Morgan fingerprint density at radius 3 is 2.50 bits per heavy atom. The van der Waals surface area contributed by atoms with Gasteiger partial charge in [-0.1, -0.05) is 24.3 Å². The number of benzene rings is 2. The van der Waals surface area contributed by atoms with Crippen LogP contribution in [0.5, 0.6) is 0 Å². The van der Waals surface area contributed by atoms with Crippen molar-refractivity contribution in [2.75, 3.05) is 31.1 Å². The maximum Gasteiger partial charge on any atom is 0.237 e. The summed E-state index contributed by atoms with van der Waals surface area (Å²) in [4.78, 5) is 16.5. The molecule has 3 rings (SSSR count). The number of amides is 1. The highest BCUT2D eigenvalue weighted by molar-refractivity contribution is 5.81. The van der Waals surface area contributed by atoms with Crippen molar-refractivity contribution in [3.8, 4) is 0 Å². The smallest absolute Gasteiger partial charge is 0.237 e. The van der Waals surface area contributed by atoms with E-state index in [1.54, 1.807) is 24.3 Å². The summed E-state index contributed by atoms with van der Waals surface area (Å²) in [6, 6.07) is 12.7. The predicted octanol–water partition coefficient (Wildman–Crippen LogP) is 2.79. The molecule has 1 saturated heterocycles. The third-order valence-electron chi connectivity index (χ3n) is 4.79. The Morgan fingerprint density at radius 1 is 1.08 bits per heavy atom. The van der Waals surface area contributed by atoms with Crippen LogP contribution in [0.4, 0.5) is 14.5 Å². The van der Waals surface area contributed by atoms with Gasteiger partial charge in [0.05, 0.1) is 11.7 Å². The SMILES string of the molecule is CC(C(=O)NCc1cccc(F)c1)N1CCN(c2ccccc2F)CC1. The number of carbonyl (C=O) groups excluding carboxylic acids is 1. The maximum absolute atomic E-state index is 13.9. The number of nitrogens with zero attached hydrogens (tertiary/aromatic N) is 2. The number of hydrogen-bond donors (Lipinski definition) is 1. The van der Waals surface area contributed by atoms with Crippen molar-refractivity contribution in [1.82, 2.24) is 10.2 Å². The van der Waals surface area contributed by atoms with Crippen LogP contribution >= 0.6 is 0 Å². The Bertz CT molecular complexity index is 760. The van der Waals surface area contributed by atoms with Crippen molar-refractivity contribution in [2.24, 2.45) is 0 Å². The molecule has 0 bridgehead atoms. The molecule has 2 aromatic rings. The van der Waals surface area contributed by atoms with Gasteiger partial charge in [-0.2, -0.15) is 0 Å². The van der Waals surface area contributed by atoms with Crippen LogP contribution in [0, 0.1) is 11.6 Å². The van der Waals surface area contributed by atoms with E-state index in [2.05, 4.69) is 10.2 Å². The normalized spacial score (nSPS) is 16.3. The molecule has 1 aliphatic rings. The molecule has 1 amide bonds. The van der Waals surface area contributed by atoms with Crippen LogP contribution in [0.2, 0.25) is 0 Å². The summed E-state index contributed by atoms with van der Waals surface area (Å²) in [5.41, 5.74) is 1.34. The molecule has 4 nitrogen and oxygen atoms in total. The topological polar surface area (TPSA) is 35.6 Å². The first-order valence-electron chi connectivity index (χ1n) is 8.80. The lowest BCUT2D eigenvalue weighted by Crippen LogP contribution is -2.54. The van der Waals surface area contributed by atoms with Crippen molar-refractivity contribution < 1.29 is 13.6 Å². The predicted molar refractivity (Wildman–Crippen MR) is 97.9 cm³/mol. The summed E-state index contributed by atoms with van der Waals surface area (Å²) >= 11 is 0. The number of nitrogens with one attached hydrogen (secondary N) is 1. The van der Waals surface area contributed by atoms with E-state index in [-0.39, 0.29) is 23.6 Å². The molecule has 26 heavy (non-hydrogen) atoms. The second kappa shape index (κ2) is 8.27. The van der Waals surface area contributed by atoms with Gasteiger partial charge >= 0.3 is 0 Å². The first-order valence-corrected chi connectivity index (χ1v) is 8.80. The first kappa shape index (κ1) is 18.3. The van der Waals surface area contributed by atoms with Gasteiger partial charge in [0.25, 0.3) is 0 Å². The standard InChI is InChI=1S/C20H23F2N3O/c1-15(20(26)23-14-16-5-4-6-17(21)13-16)24-9-11-25(12-10-24)19-8-3-2-7-18(19)22/h2-8,13,15H,9-12,14H2,1H3,(H,23,26). The molecule has 0 aromatic heterocycles. The van der Waals surface area contributed by atoms with Gasteiger partial charge in [0.15, 0.2) is 0 Å². The van der Waals surface area contributed by atoms with Crippen LogP contribution in [0.25, 0.3) is 0 Å². The Kier molecular flexibility index (Phi) is 5.83. The van der Waals surface area contributed by atoms with Gasteiger partial charge in [0.2, 0.25) is 5.91 Å². The molecule has 1 aliphatic heterocycles. The third-order valence-corrected chi connectivity index (χ3v) is 4.79. The minimum atomic E-state index is -0.311. The molecule has 0 radical (unpaired) electrons. The maximum atomic E-state index is 13.9. The second-order valence-electron chi connectivity index (χ2n) is 6.50. The Balaban J connectivity index is 1.50. The Hall–Kier alpha value is -2.47. The number of hydrogen-bond acceptors (Lipinski definition) is 3. The molecule has 1 fully saturated rings. The molecule has 0 aliphatic carbocycles. The van der Waals surface area contributed by atoms with Gasteiger partial charge in [0.1, 0.15) is 11.6 Å². The summed E-state index contributed by atoms with van der Waals surface area (Å²) in [5.74, 6) is -0.621. The minimum Gasteiger partial charge on any atom is -0.367 e. The summed E-state index contributed by atoms with van der Waals surface area (Å²) in [5, 5.41) is 2.85. The van der Waals surface area contributed by atoms with Gasteiger partial charge in [-0.3, -0.25) is 9.69 Å². The first-order chi connectivity index (χ1) is 12.5. The van der Waals surface area contributed by atoms with Gasteiger partial charge in [-0.05, 0) is 36.8 Å². The van der Waals surface area contributed by atoms with Gasteiger partial charge in [-0.15, -0.1) is 0 Å². The van der Waals surface area contributed by atoms with Crippen molar-refractivity contribution in [3.63, 3.8) is 0 Å². The number of piperazine rings is 1. The highest BCUT2D eigenvalue weighted by atomic mass is 19.1. The van der Waals surface area contributed by atoms with Crippen molar-refractivity contribution in [1.29, 1.82) is 0 Å². The lowest BCUT2D eigenvalue weighted by molar-refractivity contribution is -0.126. The summed E-state index contributed by atoms with van der Waals surface area (Å²) in [6.07, 6.45) is 0. The zero-order valence-electron chi connectivity index (χ0n) is 14.8. The molecule has 0 spiro atoms. The third kappa shape index (κ3) is 4.38. The van der Waals surface area contributed by atoms with E-state index < -0.39 is 0 Å². The molecular formula is C20H23F2N3O. The number of anilines is 1. The van der Waals surface area contributed by atoms with E-state index in [1.165, 1.54) is 18.2 Å². The van der Waals surface area contributed by atoms with Crippen LogP contribution in [0.3, 0.4) is 0 Å². The number of rotatable bonds is 5. The molecule has 138 valence electrons. The highest BCUT2D eigenvalue weighted by Crippen LogP contribution is 2.20. The van der Waals surface area contributed by atoms with Crippen molar-refractivity contribution in [2.45, 2.75) is 19.5 Å². The molecule has 1 atom stereocenters. The van der Waals surface area contributed by atoms with E-state index >= 15 is 0 Å². The molecule has 1 unspecified atom stereocenters. The number of carbonyl (C=O) groups is 1. The minimum absolute atomic E-state index is 0.0893. The largest absolute Gasteiger partial charge is 0.367 e. The van der Waals surface area contributed by atoms with E-state index in [1.807, 2.05) is 17.9 Å². The lowest BCUT2D eigenvalue weighted by Gasteiger charge is -2.38. The van der Waals surface area contributed by atoms with E-state index in [4.69, 9.17) is 0 Å². The van der Waals surface area contributed by atoms with E-state index in [0.717, 1.165) is 5.56 Å². The zero-order chi connectivity index (χ0) is 18.5. The summed E-state index contributed by atoms with van der Waals surface area (Å²) < 4.78 is 27.1. The summed E-state index contributed by atoms with van der Waals surface area (Å²) in [6.45, 7) is 4.87. The Morgan fingerprint density at radius 2 is 1.81 bits per heavy atom. The zero-order valence-corrected chi connectivity index (χ0v) is 14.8. The van der Waals surface area contributed by atoms with Gasteiger partial charge in [0, 0.05) is 32.7 Å². The monoisotopic (exact) mass is 359 g/mol. The van der Waals surface area contributed by atoms with Crippen LogP contribution in [0.15, 0.2) is 48.5 Å². The molecule has 1 N–H and O–H groups in total. The molecule has 6 heteroatoms. The molecular weight excluding hydrogens is 336 g/mol. The quantitative estimate of drug-likeness (QED) is 0.892. The highest BCUT2D eigenvalue weighted by Gasteiger charge is 2.26. The van der Waals surface area contributed by atoms with Gasteiger partial charge in [-0.25, -0.2) is 8.78 Å². The number of para-hydroxylation sites is 1. The van der Waals surface area contributed by atoms with Gasteiger partial charge < -0.3 is 10.2 Å². The summed E-state index contributed by atoms with van der Waals surface area (Å²) in [7, 11) is 0. The van der Waals surface area contributed by atoms with Crippen LogP contribution in [0.1, 0.15) is 12.5 Å². The fraction of sp³-hybridized carbons (Fsp3) is 0.350. The average molecular weight is 359 g/mol. The van der Waals surface area contributed by atoms with E-state index in [0.29, 0.717) is 38.4 Å². The lowest BCUT2D eigenvalue weighted by atomic mass is 10.1. The van der Waals surface area contributed by atoms with Crippen molar-refractivity contribution in [3.05, 3.63) is 65.7 Å². The molecule has 0 saturated carbocycles.